The zero-order valence-corrected chi connectivity index (χ0v) is 13.5. The summed E-state index contributed by atoms with van der Waals surface area (Å²) in [4.78, 5) is 13.8. The van der Waals surface area contributed by atoms with Crippen LogP contribution in [-0.4, -0.2) is 23.6 Å². The van der Waals surface area contributed by atoms with Gasteiger partial charge in [0.25, 0.3) is 0 Å². The van der Waals surface area contributed by atoms with E-state index in [0.29, 0.717) is 0 Å². The van der Waals surface area contributed by atoms with E-state index in [-0.39, 0.29) is 12.1 Å². The highest BCUT2D eigenvalue weighted by atomic mass is 79.9. The molecule has 0 aliphatic heterocycles. The van der Waals surface area contributed by atoms with Crippen LogP contribution < -0.4 is 0 Å². The lowest BCUT2D eigenvalue weighted by molar-refractivity contribution is 0.0220. The van der Waals surface area contributed by atoms with Gasteiger partial charge in [0.15, 0.2) is 0 Å². The van der Waals surface area contributed by atoms with Crippen molar-refractivity contribution in [2.75, 3.05) is 7.05 Å². The summed E-state index contributed by atoms with van der Waals surface area (Å²) in [6.07, 6.45) is 1.72. The third-order valence-corrected chi connectivity index (χ3v) is 3.80. The van der Waals surface area contributed by atoms with Crippen LogP contribution in [-0.2, 0) is 11.2 Å². The molecule has 0 fully saturated rings. The van der Waals surface area contributed by atoms with Gasteiger partial charge in [-0.1, -0.05) is 22.0 Å². The van der Waals surface area contributed by atoms with Crippen molar-refractivity contribution in [1.29, 1.82) is 0 Å². The number of nitrogens with zero attached hydrogens (tertiary/aromatic N) is 1. The van der Waals surface area contributed by atoms with Gasteiger partial charge in [-0.3, -0.25) is 0 Å². The molecular weight excluding hydrogens is 306 g/mol. The Morgan fingerprint density at radius 1 is 1.42 bits per heavy atom. The van der Waals surface area contributed by atoms with Crippen molar-refractivity contribution in [3.63, 3.8) is 0 Å². The molecule has 1 amide bonds. The number of benzene rings is 1. The molecule has 0 heterocycles. The minimum Gasteiger partial charge on any atom is -0.444 e. The summed E-state index contributed by atoms with van der Waals surface area (Å²) >= 11 is 3.49. The maximum absolute atomic E-state index is 12.1. The van der Waals surface area contributed by atoms with Crippen LogP contribution in [0.1, 0.15) is 44.4 Å². The van der Waals surface area contributed by atoms with Crippen LogP contribution in [0.25, 0.3) is 0 Å². The number of amides is 1. The Morgan fingerprint density at radius 2 is 2.11 bits per heavy atom. The number of carbonyl (C=O) groups excluding carboxylic acids is 1. The summed E-state index contributed by atoms with van der Waals surface area (Å²) in [5.41, 5.74) is 2.09. The number of rotatable bonds is 1. The largest absolute Gasteiger partial charge is 0.444 e. The Labute approximate surface area is 123 Å². The van der Waals surface area contributed by atoms with E-state index in [1.807, 2.05) is 27.8 Å². The number of fused-ring (bicyclic) bond motifs is 1. The molecule has 2 rings (SSSR count). The van der Waals surface area contributed by atoms with Gasteiger partial charge in [0.2, 0.25) is 0 Å². The average Bonchev–Trinajstić information content (AvgIpc) is 2.68. The van der Waals surface area contributed by atoms with E-state index in [1.54, 1.807) is 4.90 Å². The lowest BCUT2D eigenvalue weighted by Crippen LogP contribution is -2.36. The molecule has 0 saturated heterocycles. The van der Waals surface area contributed by atoms with Crippen molar-refractivity contribution >= 4 is 22.0 Å². The summed E-state index contributed by atoms with van der Waals surface area (Å²) in [5.74, 6) is 0. The maximum Gasteiger partial charge on any atom is 0.410 e. The molecule has 104 valence electrons. The lowest BCUT2D eigenvalue weighted by Gasteiger charge is -2.29. The molecule has 0 unspecified atom stereocenters. The predicted molar refractivity (Wildman–Crippen MR) is 79.2 cm³/mol. The van der Waals surface area contributed by atoms with Gasteiger partial charge in [0, 0.05) is 11.5 Å². The standard InChI is InChI=1S/C15H20BrNO2/c1-15(2,3)19-14(18)17(4)13-8-6-10-5-7-11(16)9-12(10)13/h5,7,9,13H,6,8H2,1-4H3/t13-/m1/s1. The van der Waals surface area contributed by atoms with Gasteiger partial charge in [-0.05, 0) is 56.9 Å². The van der Waals surface area contributed by atoms with E-state index in [0.717, 1.165) is 17.3 Å². The van der Waals surface area contributed by atoms with Crippen LogP contribution >= 0.6 is 15.9 Å². The van der Waals surface area contributed by atoms with Crippen LogP contribution in [0.5, 0.6) is 0 Å². The van der Waals surface area contributed by atoms with Crippen molar-refractivity contribution in [2.24, 2.45) is 0 Å². The number of halogens is 1. The third-order valence-electron chi connectivity index (χ3n) is 3.30. The first-order valence-corrected chi connectivity index (χ1v) is 7.31. The zero-order chi connectivity index (χ0) is 14.2. The maximum atomic E-state index is 12.1. The van der Waals surface area contributed by atoms with E-state index in [4.69, 9.17) is 4.74 Å². The molecular formula is C15H20BrNO2. The van der Waals surface area contributed by atoms with Crippen LogP contribution in [0.2, 0.25) is 0 Å². The van der Waals surface area contributed by atoms with Crippen molar-refractivity contribution < 1.29 is 9.53 Å². The summed E-state index contributed by atoms with van der Waals surface area (Å²) in [6.45, 7) is 5.66. The molecule has 0 radical (unpaired) electrons. The first-order valence-electron chi connectivity index (χ1n) is 6.52. The van der Waals surface area contributed by atoms with Crippen LogP contribution in [0.3, 0.4) is 0 Å². The van der Waals surface area contributed by atoms with E-state index in [2.05, 4.69) is 34.1 Å². The number of hydrogen-bond donors (Lipinski definition) is 0. The van der Waals surface area contributed by atoms with Gasteiger partial charge in [0.1, 0.15) is 5.60 Å². The molecule has 0 aromatic heterocycles. The molecule has 1 aromatic rings. The molecule has 4 heteroatoms. The van der Waals surface area contributed by atoms with Crippen molar-refractivity contribution in [1.82, 2.24) is 4.90 Å². The molecule has 3 nitrogen and oxygen atoms in total. The third kappa shape index (κ3) is 3.30. The highest BCUT2D eigenvalue weighted by Gasteiger charge is 2.31. The van der Waals surface area contributed by atoms with Crippen LogP contribution in [0.15, 0.2) is 22.7 Å². The smallest absolute Gasteiger partial charge is 0.410 e. The molecule has 0 spiro atoms. The first kappa shape index (κ1) is 14.4. The quantitative estimate of drug-likeness (QED) is 0.770. The van der Waals surface area contributed by atoms with E-state index >= 15 is 0 Å². The van der Waals surface area contributed by atoms with E-state index < -0.39 is 5.60 Å². The van der Waals surface area contributed by atoms with Gasteiger partial charge >= 0.3 is 6.09 Å². The fourth-order valence-electron chi connectivity index (χ4n) is 2.41. The summed E-state index contributed by atoms with van der Waals surface area (Å²) in [7, 11) is 1.81. The summed E-state index contributed by atoms with van der Waals surface area (Å²) < 4.78 is 6.48. The van der Waals surface area contributed by atoms with Gasteiger partial charge < -0.3 is 9.64 Å². The Balaban J connectivity index is 2.17. The fourth-order valence-corrected chi connectivity index (χ4v) is 2.79. The highest BCUT2D eigenvalue weighted by molar-refractivity contribution is 9.10. The molecule has 1 atom stereocenters. The number of ether oxygens (including phenoxy) is 1. The fraction of sp³-hybridized carbons (Fsp3) is 0.533. The van der Waals surface area contributed by atoms with Crippen LogP contribution in [0.4, 0.5) is 4.79 Å². The monoisotopic (exact) mass is 325 g/mol. The Bertz CT molecular complexity index is 493. The Morgan fingerprint density at radius 3 is 2.74 bits per heavy atom. The van der Waals surface area contributed by atoms with Crippen molar-refractivity contribution in [2.45, 2.75) is 45.3 Å². The number of aryl methyl sites for hydroxylation is 1. The second kappa shape index (κ2) is 5.16. The van der Waals surface area contributed by atoms with Crippen molar-refractivity contribution in [3.8, 4) is 0 Å². The van der Waals surface area contributed by atoms with Gasteiger partial charge in [-0.15, -0.1) is 0 Å². The second-order valence-electron chi connectivity index (χ2n) is 5.99. The van der Waals surface area contributed by atoms with Gasteiger partial charge in [-0.25, -0.2) is 4.79 Å². The SMILES string of the molecule is CN(C(=O)OC(C)(C)C)[C@@H]1CCc2ccc(Br)cc21. The predicted octanol–water partition coefficient (Wildman–Crippen LogP) is 4.30. The number of carbonyl (C=O) groups is 1. The lowest BCUT2D eigenvalue weighted by atomic mass is 10.1. The average molecular weight is 326 g/mol. The normalized spacial score (nSPS) is 18.1. The van der Waals surface area contributed by atoms with E-state index in [1.165, 1.54) is 11.1 Å². The molecule has 1 aliphatic carbocycles. The molecule has 0 N–H and O–H groups in total. The van der Waals surface area contributed by atoms with Crippen molar-refractivity contribution in [3.05, 3.63) is 33.8 Å². The van der Waals surface area contributed by atoms with Gasteiger partial charge in [-0.2, -0.15) is 0 Å². The zero-order valence-electron chi connectivity index (χ0n) is 11.9. The van der Waals surface area contributed by atoms with Crippen LogP contribution in [0, 0.1) is 0 Å². The number of hydrogen-bond acceptors (Lipinski definition) is 2. The van der Waals surface area contributed by atoms with E-state index in [9.17, 15) is 4.79 Å². The molecule has 1 aromatic carbocycles. The Hall–Kier alpha value is -1.03. The minimum absolute atomic E-state index is 0.113. The molecule has 0 bridgehead atoms. The second-order valence-corrected chi connectivity index (χ2v) is 6.90. The minimum atomic E-state index is -0.454. The summed E-state index contributed by atoms with van der Waals surface area (Å²) in [5, 5.41) is 0. The first-order chi connectivity index (χ1) is 8.78. The Kier molecular flexibility index (Phi) is 3.90. The molecule has 0 saturated carbocycles. The van der Waals surface area contributed by atoms with Gasteiger partial charge in [0.05, 0.1) is 6.04 Å². The topological polar surface area (TPSA) is 29.5 Å². The molecule has 1 aliphatic rings. The summed E-state index contributed by atoms with van der Waals surface area (Å²) in [6, 6.07) is 6.40. The molecule has 19 heavy (non-hydrogen) atoms. The highest BCUT2D eigenvalue weighted by Crippen LogP contribution is 2.37.